The molecule has 6 heteroatoms. The normalized spacial score (nSPS) is 10.2. The first-order valence-corrected chi connectivity index (χ1v) is 7.92. The topological polar surface area (TPSA) is 68.3 Å². The molecule has 0 fully saturated rings. The van der Waals surface area contributed by atoms with Gasteiger partial charge in [-0.1, -0.05) is 34.1 Å². The zero-order valence-electron chi connectivity index (χ0n) is 12.7. The predicted octanol–water partition coefficient (Wildman–Crippen LogP) is 3.13. The Morgan fingerprint density at radius 3 is 2.48 bits per heavy atom. The highest BCUT2D eigenvalue weighted by molar-refractivity contribution is 9.10. The molecule has 120 valence electrons. The molecule has 0 bridgehead atoms. The smallest absolute Gasteiger partial charge is 0.220 e. The molecule has 0 saturated heterocycles. The molecule has 0 unspecified atom stereocenters. The van der Waals surface area contributed by atoms with Crippen LogP contribution in [-0.2, 0) is 11.3 Å². The molecule has 2 aromatic rings. The van der Waals surface area contributed by atoms with Gasteiger partial charge in [-0.2, -0.15) is 0 Å². The lowest BCUT2D eigenvalue weighted by molar-refractivity contribution is -0.121. The van der Waals surface area contributed by atoms with Gasteiger partial charge in [-0.15, -0.1) is 0 Å². The van der Waals surface area contributed by atoms with Crippen LogP contribution in [-0.4, -0.2) is 23.8 Å². The number of ketones is 1. The maximum atomic E-state index is 12.0. The molecule has 0 aliphatic carbocycles. The summed E-state index contributed by atoms with van der Waals surface area (Å²) in [4.78, 5) is 27.9. The molecule has 0 saturated carbocycles. The molecule has 0 aliphatic heterocycles. The summed E-state index contributed by atoms with van der Waals surface area (Å²) < 4.78 is 5.89. The minimum atomic E-state index is -0.161. The molecule has 1 heterocycles. The maximum absolute atomic E-state index is 12.0. The maximum Gasteiger partial charge on any atom is 0.220 e. The monoisotopic (exact) mass is 376 g/mol. The largest absolute Gasteiger partial charge is 0.481 e. The lowest BCUT2D eigenvalue weighted by Crippen LogP contribution is -2.23. The van der Waals surface area contributed by atoms with E-state index >= 15 is 0 Å². The average Bonchev–Trinajstić information content (AvgIpc) is 2.59. The number of nitrogens with zero attached hydrogens (tertiary/aromatic N) is 1. The van der Waals surface area contributed by atoms with Crippen LogP contribution in [0.5, 0.6) is 5.88 Å². The second-order valence-corrected chi connectivity index (χ2v) is 5.83. The van der Waals surface area contributed by atoms with Crippen LogP contribution in [0, 0.1) is 0 Å². The van der Waals surface area contributed by atoms with Crippen molar-refractivity contribution in [2.75, 3.05) is 7.11 Å². The zero-order chi connectivity index (χ0) is 16.7. The molecule has 5 nitrogen and oxygen atoms in total. The van der Waals surface area contributed by atoms with Crippen molar-refractivity contribution >= 4 is 27.6 Å². The van der Waals surface area contributed by atoms with Crippen molar-refractivity contribution in [1.82, 2.24) is 10.3 Å². The van der Waals surface area contributed by atoms with Crippen LogP contribution >= 0.6 is 15.9 Å². The standard InChI is InChI=1S/C17H17BrN2O3/c1-23-17-9-2-12(11-20-17)10-19-16(22)8-7-15(21)13-3-5-14(18)6-4-13/h2-6,9,11H,7-8,10H2,1H3,(H,19,22). The first-order valence-electron chi connectivity index (χ1n) is 7.13. The number of methoxy groups -OCH3 is 1. The summed E-state index contributed by atoms with van der Waals surface area (Å²) in [5.41, 5.74) is 1.48. The van der Waals surface area contributed by atoms with Gasteiger partial charge in [0.2, 0.25) is 11.8 Å². The van der Waals surface area contributed by atoms with E-state index in [-0.39, 0.29) is 24.5 Å². The molecule has 1 aromatic carbocycles. The molecule has 0 atom stereocenters. The summed E-state index contributed by atoms with van der Waals surface area (Å²) in [6.45, 7) is 0.377. The number of carbonyl (C=O) groups excluding carboxylic acids is 2. The van der Waals surface area contributed by atoms with E-state index in [4.69, 9.17) is 4.74 Å². The summed E-state index contributed by atoms with van der Waals surface area (Å²) >= 11 is 3.32. The Kier molecular flexibility index (Phi) is 6.29. The SMILES string of the molecule is COc1ccc(CNC(=O)CCC(=O)c2ccc(Br)cc2)cn1. The van der Waals surface area contributed by atoms with Crippen molar-refractivity contribution in [2.24, 2.45) is 0 Å². The van der Waals surface area contributed by atoms with Crippen LogP contribution in [0.3, 0.4) is 0 Å². The minimum Gasteiger partial charge on any atom is -0.481 e. The Hall–Kier alpha value is -2.21. The van der Waals surface area contributed by atoms with E-state index in [0.717, 1.165) is 10.0 Å². The van der Waals surface area contributed by atoms with Crippen LogP contribution in [0.1, 0.15) is 28.8 Å². The zero-order valence-corrected chi connectivity index (χ0v) is 14.3. The lowest BCUT2D eigenvalue weighted by atomic mass is 10.1. The minimum absolute atomic E-state index is 0.0428. The van der Waals surface area contributed by atoms with Crippen LogP contribution in [0.4, 0.5) is 0 Å². The molecule has 1 amide bonds. The van der Waals surface area contributed by atoms with E-state index in [1.54, 1.807) is 31.5 Å². The predicted molar refractivity (Wildman–Crippen MR) is 90.3 cm³/mol. The Morgan fingerprint density at radius 1 is 1.13 bits per heavy atom. The molecule has 0 spiro atoms. The number of carbonyl (C=O) groups is 2. The number of hydrogen-bond donors (Lipinski definition) is 1. The third-order valence-corrected chi connectivity index (χ3v) is 3.77. The third kappa shape index (κ3) is 5.49. The number of nitrogens with one attached hydrogen (secondary N) is 1. The van der Waals surface area contributed by atoms with Crippen molar-refractivity contribution in [3.63, 3.8) is 0 Å². The van der Waals surface area contributed by atoms with Crippen LogP contribution in [0.2, 0.25) is 0 Å². The fourth-order valence-electron chi connectivity index (χ4n) is 1.93. The second kappa shape index (κ2) is 8.43. The van der Waals surface area contributed by atoms with Crippen molar-refractivity contribution in [3.05, 3.63) is 58.2 Å². The van der Waals surface area contributed by atoms with E-state index in [1.807, 2.05) is 18.2 Å². The van der Waals surface area contributed by atoms with Gasteiger partial charge in [0.1, 0.15) is 0 Å². The van der Waals surface area contributed by atoms with Crippen LogP contribution in [0.25, 0.3) is 0 Å². The van der Waals surface area contributed by atoms with Crippen LogP contribution < -0.4 is 10.1 Å². The molecule has 1 aromatic heterocycles. The van der Waals surface area contributed by atoms with Gasteiger partial charge in [0.15, 0.2) is 5.78 Å². The molecule has 1 N–H and O–H groups in total. The number of aromatic nitrogens is 1. The number of rotatable bonds is 7. The van der Waals surface area contributed by atoms with E-state index in [1.165, 1.54) is 0 Å². The van der Waals surface area contributed by atoms with E-state index in [0.29, 0.717) is 18.0 Å². The van der Waals surface area contributed by atoms with Crippen LogP contribution in [0.15, 0.2) is 47.1 Å². The summed E-state index contributed by atoms with van der Waals surface area (Å²) in [6.07, 6.45) is 2.00. The van der Waals surface area contributed by atoms with Crippen molar-refractivity contribution in [2.45, 2.75) is 19.4 Å². The summed E-state index contributed by atoms with van der Waals surface area (Å²) in [5.74, 6) is 0.324. The van der Waals surface area contributed by atoms with E-state index in [9.17, 15) is 9.59 Å². The van der Waals surface area contributed by atoms with Gasteiger partial charge in [-0.25, -0.2) is 4.98 Å². The number of Topliss-reactive ketones (excluding diaryl/α,β-unsaturated/α-hetero) is 1. The molecule has 23 heavy (non-hydrogen) atoms. The number of amides is 1. The van der Waals surface area contributed by atoms with Gasteiger partial charge in [-0.3, -0.25) is 9.59 Å². The van der Waals surface area contributed by atoms with Crippen molar-refractivity contribution < 1.29 is 14.3 Å². The highest BCUT2D eigenvalue weighted by Crippen LogP contribution is 2.12. The molecule has 2 rings (SSSR count). The quantitative estimate of drug-likeness (QED) is 0.753. The highest BCUT2D eigenvalue weighted by atomic mass is 79.9. The number of halogens is 1. The van der Waals surface area contributed by atoms with Gasteiger partial charge in [0.05, 0.1) is 7.11 Å². The second-order valence-electron chi connectivity index (χ2n) is 4.92. The van der Waals surface area contributed by atoms with Gasteiger partial charge >= 0.3 is 0 Å². The van der Waals surface area contributed by atoms with E-state index in [2.05, 4.69) is 26.2 Å². The molecular formula is C17H17BrN2O3. The van der Waals surface area contributed by atoms with Gasteiger partial charge in [0, 0.05) is 41.7 Å². The lowest BCUT2D eigenvalue weighted by Gasteiger charge is -2.06. The Morgan fingerprint density at radius 2 is 1.87 bits per heavy atom. The van der Waals surface area contributed by atoms with Crippen molar-refractivity contribution in [3.8, 4) is 5.88 Å². The van der Waals surface area contributed by atoms with Gasteiger partial charge < -0.3 is 10.1 Å². The number of ether oxygens (including phenoxy) is 1. The van der Waals surface area contributed by atoms with E-state index < -0.39 is 0 Å². The summed E-state index contributed by atoms with van der Waals surface area (Å²) in [7, 11) is 1.55. The Balaban J connectivity index is 1.76. The molecular weight excluding hydrogens is 360 g/mol. The number of benzene rings is 1. The molecule has 0 radical (unpaired) electrons. The number of pyridine rings is 1. The summed E-state index contributed by atoms with van der Waals surface area (Å²) in [6, 6.07) is 10.7. The fourth-order valence-corrected chi connectivity index (χ4v) is 2.20. The first-order chi connectivity index (χ1) is 11.1. The fraction of sp³-hybridized carbons (Fsp3) is 0.235. The van der Waals surface area contributed by atoms with Crippen molar-refractivity contribution in [1.29, 1.82) is 0 Å². The van der Waals surface area contributed by atoms with Gasteiger partial charge in [0.25, 0.3) is 0 Å². The molecule has 0 aliphatic rings. The third-order valence-electron chi connectivity index (χ3n) is 3.24. The van der Waals surface area contributed by atoms with Gasteiger partial charge in [-0.05, 0) is 17.7 Å². The average molecular weight is 377 g/mol. The first kappa shape index (κ1) is 17.1. The highest BCUT2D eigenvalue weighted by Gasteiger charge is 2.09. The Labute approximate surface area is 143 Å². The summed E-state index contributed by atoms with van der Waals surface area (Å²) in [5, 5.41) is 2.77. The Bertz CT molecular complexity index is 669. The number of hydrogen-bond acceptors (Lipinski definition) is 4.